The molecule has 116 valence electrons. The first-order valence-corrected chi connectivity index (χ1v) is 7.78. The molecule has 0 radical (unpaired) electrons. The molecule has 1 aromatic rings. The third-order valence-electron chi connectivity index (χ3n) is 3.44. The van der Waals surface area contributed by atoms with Crippen LogP contribution < -0.4 is 11.1 Å². The highest BCUT2D eigenvalue weighted by Crippen LogP contribution is 2.20. The molecular formula is C15H21BrN2O3. The van der Waals surface area contributed by atoms with E-state index in [-0.39, 0.29) is 12.3 Å². The summed E-state index contributed by atoms with van der Waals surface area (Å²) < 4.78 is 0.697. The molecule has 0 aliphatic rings. The molecule has 0 aliphatic heterocycles. The van der Waals surface area contributed by atoms with E-state index in [1.54, 1.807) is 18.2 Å². The standard InChI is InChI=1S/C15H21BrN2O3/c1-2-10(3-6-14(19)20)7-8-18-15(21)11-4-5-13(17)12(16)9-11/h4-5,9-10H,2-3,6-8,17H2,1H3,(H,18,21)(H,19,20). The molecule has 1 unspecified atom stereocenters. The van der Waals surface area contributed by atoms with Crippen molar-refractivity contribution in [1.29, 1.82) is 0 Å². The summed E-state index contributed by atoms with van der Waals surface area (Å²) >= 11 is 3.29. The van der Waals surface area contributed by atoms with Crippen LogP contribution in [0.5, 0.6) is 0 Å². The van der Waals surface area contributed by atoms with Crippen LogP contribution in [0.3, 0.4) is 0 Å². The maximum atomic E-state index is 12.0. The Balaban J connectivity index is 2.41. The lowest BCUT2D eigenvalue weighted by Crippen LogP contribution is -2.26. The summed E-state index contributed by atoms with van der Waals surface area (Å²) in [5.41, 5.74) is 6.82. The fraction of sp³-hybridized carbons (Fsp3) is 0.467. The van der Waals surface area contributed by atoms with Crippen LogP contribution >= 0.6 is 15.9 Å². The molecular weight excluding hydrogens is 336 g/mol. The Kier molecular flexibility index (Phi) is 7.22. The first-order chi connectivity index (χ1) is 9.93. The average Bonchev–Trinajstić information content (AvgIpc) is 2.45. The van der Waals surface area contributed by atoms with E-state index in [0.717, 1.165) is 12.8 Å². The second kappa shape index (κ2) is 8.67. The Labute approximate surface area is 133 Å². The Morgan fingerprint density at radius 2 is 2.10 bits per heavy atom. The monoisotopic (exact) mass is 356 g/mol. The normalized spacial score (nSPS) is 11.9. The number of nitrogens with two attached hydrogens (primary N) is 1. The number of carbonyl (C=O) groups is 2. The molecule has 1 amide bonds. The molecule has 0 fully saturated rings. The Morgan fingerprint density at radius 3 is 2.67 bits per heavy atom. The number of hydrogen-bond donors (Lipinski definition) is 3. The lowest BCUT2D eigenvalue weighted by molar-refractivity contribution is -0.137. The summed E-state index contributed by atoms with van der Waals surface area (Å²) in [7, 11) is 0. The highest BCUT2D eigenvalue weighted by molar-refractivity contribution is 9.10. The maximum absolute atomic E-state index is 12.0. The van der Waals surface area contributed by atoms with Gasteiger partial charge in [0.25, 0.3) is 5.91 Å². The van der Waals surface area contributed by atoms with E-state index in [4.69, 9.17) is 10.8 Å². The largest absolute Gasteiger partial charge is 0.481 e. The van der Waals surface area contributed by atoms with Crippen LogP contribution in [0.4, 0.5) is 5.69 Å². The molecule has 0 aliphatic carbocycles. The van der Waals surface area contributed by atoms with E-state index in [1.807, 2.05) is 6.92 Å². The smallest absolute Gasteiger partial charge is 0.303 e. The average molecular weight is 357 g/mol. The van der Waals surface area contributed by atoms with Crippen LogP contribution in [0.15, 0.2) is 22.7 Å². The van der Waals surface area contributed by atoms with E-state index < -0.39 is 5.97 Å². The minimum Gasteiger partial charge on any atom is -0.481 e. The van der Waals surface area contributed by atoms with Crippen molar-refractivity contribution in [2.75, 3.05) is 12.3 Å². The van der Waals surface area contributed by atoms with Gasteiger partial charge in [0.2, 0.25) is 0 Å². The van der Waals surface area contributed by atoms with E-state index >= 15 is 0 Å². The molecule has 6 heteroatoms. The first-order valence-electron chi connectivity index (χ1n) is 6.99. The van der Waals surface area contributed by atoms with Crippen molar-refractivity contribution in [3.05, 3.63) is 28.2 Å². The number of nitrogens with one attached hydrogen (secondary N) is 1. The zero-order chi connectivity index (χ0) is 15.8. The zero-order valence-corrected chi connectivity index (χ0v) is 13.6. The van der Waals surface area contributed by atoms with Crippen LogP contribution in [-0.4, -0.2) is 23.5 Å². The second-order valence-electron chi connectivity index (χ2n) is 4.99. The van der Waals surface area contributed by atoms with Gasteiger partial charge in [-0.2, -0.15) is 0 Å². The molecule has 1 aromatic carbocycles. The highest BCUT2D eigenvalue weighted by atomic mass is 79.9. The number of anilines is 1. The molecule has 5 nitrogen and oxygen atoms in total. The van der Waals surface area contributed by atoms with Crippen LogP contribution in [0.2, 0.25) is 0 Å². The van der Waals surface area contributed by atoms with Crippen molar-refractivity contribution in [1.82, 2.24) is 5.32 Å². The van der Waals surface area contributed by atoms with Crippen LogP contribution in [-0.2, 0) is 4.79 Å². The summed E-state index contributed by atoms with van der Waals surface area (Å²) in [5.74, 6) is -0.604. The minimum atomic E-state index is -0.774. The van der Waals surface area contributed by atoms with Gasteiger partial charge in [-0.3, -0.25) is 9.59 Å². The van der Waals surface area contributed by atoms with E-state index in [1.165, 1.54) is 0 Å². The summed E-state index contributed by atoms with van der Waals surface area (Å²) in [6.07, 6.45) is 2.52. The van der Waals surface area contributed by atoms with Gasteiger partial charge in [0.15, 0.2) is 0 Å². The molecule has 1 atom stereocenters. The van der Waals surface area contributed by atoms with Gasteiger partial charge in [0.1, 0.15) is 0 Å². The van der Waals surface area contributed by atoms with Gasteiger partial charge in [-0.25, -0.2) is 0 Å². The predicted molar refractivity (Wildman–Crippen MR) is 86.2 cm³/mol. The summed E-state index contributed by atoms with van der Waals surface area (Å²) in [4.78, 5) is 22.5. The van der Waals surface area contributed by atoms with Crippen molar-refractivity contribution >= 4 is 33.5 Å². The summed E-state index contributed by atoms with van der Waals surface area (Å²) in [5, 5.41) is 11.5. The van der Waals surface area contributed by atoms with Crippen molar-refractivity contribution in [3.8, 4) is 0 Å². The Hall–Kier alpha value is -1.56. The fourth-order valence-electron chi connectivity index (χ4n) is 2.04. The number of nitrogen functional groups attached to an aromatic ring is 1. The Morgan fingerprint density at radius 1 is 1.38 bits per heavy atom. The van der Waals surface area contributed by atoms with Crippen LogP contribution in [0.1, 0.15) is 43.0 Å². The quantitative estimate of drug-likeness (QED) is 0.624. The summed E-state index contributed by atoms with van der Waals surface area (Å²) in [6, 6.07) is 5.05. The van der Waals surface area contributed by atoms with Gasteiger partial charge in [0, 0.05) is 28.7 Å². The molecule has 0 spiro atoms. The molecule has 0 saturated heterocycles. The molecule has 0 saturated carbocycles. The first kappa shape index (κ1) is 17.5. The van der Waals surface area contributed by atoms with Crippen LogP contribution in [0, 0.1) is 5.92 Å². The number of benzene rings is 1. The van der Waals surface area contributed by atoms with Crippen molar-refractivity contribution < 1.29 is 14.7 Å². The molecule has 0 aromatic heterocycles. The van der Waals surface area contributed by atoms with E-state index in [9.17, 15) is 9.59 Å². The SMILES string of the molecule is CCC(CCNC(=O)c1ccc(N)c(Br)c1)CCC(=O)O. The van der Waals surface area contributed by atoms with Gasteiger partial charge in [-0.05, 0) is 52.9 Å². The van der Waals surface area contributed by atoms with E-state index in [0.29, 0.717) is 34.6 Å². The second-order valence-corrected chi connectivity index (χ2v) is 5.84. The van der Waals surface area contributed by atoms with E-state index in [2.05, 4.69) is 21.2 Å². The fourth-order valence-corrected chi connectivity index (χ4v) is 2.42. The number of carbonyl (C=O) groups excluding carboxylic acids is 1. The predicted octanol–water partition coefficient (Wildman–Crippen LogP) is 3.04. The topological polar surface area (TPSA) is 92.4 Å². The maximum Gasteiger partial charge on any atom is 0.303 e. The van der Waals surface area contributed by atoms with Gasteiger partial charge in [-0.15, -0.1) is 0 Å². The number of aliphatic carboxylic acids is 1. The Bertz CT molecular complexity index is 506. The zero-order valence-electron chi connectivity index (χ0n) is 12.1. The van der Waals surface area contributed by atoms with Crippen molar-refractivity contribution in [2.45, 2.75) is 32.6 Å². The molecule has 0 heterocycles. The van der Waals surface area contributed by atoms with Crippen molar-refractivity contribution in [2.24, 2.45) is 5.92 Å². The minimum absolute atomic E-state index is 0.149. The number of halogens is 1. The number of carboxylic acid groups (broad SMARTS) is 1. The van der Waals surface area contributed by atoms with Gasteiger partial charge in [0.05, 0.1) is 0 Å². The summed E-state index contributed by atoms with van der Waals surface area (Å²) in [6.45, 7) is 2.57. The third kappa shape index (κ3) is 6.16. The third-order valence-corrected chi connectivity index (χ3v) is 4.13. The van der Waals surface area contributed by atoms with Crippen molar-refractivity contribution in [3.63, 3.8) is 0 Å². The lowest BCUT2D eigenvalue weighted by atomic mass is 9.96. The molecule has 21 heavy (non-hydrogen) atoms. The molecule has 1 rings (SSSR count). The van der Waals surface area contributed by atoms with Gasteiger partial charge >= 0.3 is 5.97 Å². The van der Waals surface area contributed by atoms with Gasteiger partial charge in [-0.1, -0.05) is 13.3 Å². The van der Waals surface area contributed by atoms with Gasteiger partial charge < -0.3 is 16.2 Å². The lowest BCUT2D eigenvalue weighted by Gasteiger charge is -2.14. The number of carboxylic acids is 1. The number of rotatable bonds is 8. The highest BCUT2D eigenvalue weighted by Gasteiger charge is 2.11. The van der Waals surface area contributed by atoms with Crippen LogP contribution in [0.25, 0.3) is 0 Å². The molecule has 4 N–H and O–H groups in total. The number of amides is 1. The molecule has 0 bridgehead atoms. The number of hydrogen-bond acceptors (Lipinski definition) is 3.